The Kier molecular flexibility index (Phi) is 7.17. The normalized spacial score (nSPS) is 17.0. The largest absolute Gasteiger partial charge is 0.497 e. The van der Waals surface area contributed by atoms with Crippen LogP contribution in [0.2, 0.25) is 0 Å². The molecule has 2 aromatic rings. The van der Waals surface area contributed by atoms with E-state index in [1.54, 1.807) is 45.4 Å². The van der Waals surface area contributed by atoms with Crippen molar-refractivity contribution < 1.29 is 23.8 Å². The summed E-state index contributed by atoms with van der Waals surface area (Å²) >= 11 is 0. The van der Waals surface area contributed by atoms with E-state index in [1.165, 1.54) is 4.90 Å². The van der Waals surface area contributed by atoms with Gasteiger partial charge >= 0.3 is 5.97 Å². The van der Waals surface area contributed by atoms with E-state index in [4.69, 9.17) is 24.9 Å². The zero-order chi connectivity index (χ0) is 25.8. The maximum Gasteiger partial charge on any atom is 0.337 e. The minimum atomic E-state index is -1.31. The number of ketones is 1. The summed E-state index contributed by atoms with van der Waals surface area (Å²) in [7, 11) is 3.12. The highest BCUT2D eigenvalue weighted by molar-refractivity contribution is 6.20. The molecule has 184 valence electrons. The van der Waals surface area contributed by atoms with Crippen molar-refractivity contribution >= 4 is 17.5 Å². The van der Waals surface area contributed by atoms with Crippen LogP contribution in [0.4, 0.5) is 0 Å². The van der Waals surface area contributed by atoms with Gasteiger partial charge in [0, 0.05) is 29.8 Å². The lowest BCUT2D eigenvalue weighted by Crippen LogP contribution is -2.44. The Labute approximate surface area is 209 Å². The molecule has 2 aromatic carbocycles. The van der Waals surface area contributed by atoms with Crippen molar-refractivity contribution in [1.29, 1.82) is 5.26 Å². The predicted octanol–water partition coefficient (Wildman–Crippen LogP) is 2.51. The number of nitrogens with zero attached hydrogens (tertiary/aromatic N) is 3. The van der Waals surface area contributed by atoms with Crippen molar-refractivity contribution in [2.24, 2.45) is 10.7 Å². The number of methoxy groups -OCH3 is 2. The molecule has 2 N–H and O–H groups in total. The molecule has 0 spiro atoms. The molecule has 0 aromatic heterocycles. The van der Waals surface area contributed by atoms with Crippen LogP contribution in [-0.4, -0.2) is 55.8 Å². The van der Waals surface area contributed by atoms with Crippen LogP contribution in [-0.2, 0) is 20.7 Å². The second-order valence-electron chi connectivity index (χ2n) is 8.01. The van der Waals surface area contributed by atoms with Crippen LogP contribution in [0.3, 0.4) is 0 Å². The van der Waals surface area contributed by atoms with Crippen LogP contribution in [0.15, 0.2) is 76.2 Å². The standard InChI is InChI=1S/C27H26N4O5/c1-4-36-27(33)24-25(32)20(15-29)26-30-23(16-9-11-18(34-2)12-10-16)19(14-28)21(31(24)26)13-17-7-5-6-8-22(17)35-3/h5-12,24H,4,13,15,29H2,1-3H3. The van der Waals surface area contributed by atoms with E-state index in [2.05, 4.69) is 6.07 Å². The van der Waals surface area contributed by atoms with E-state index >= 15 is 0 Å². The van der Waals surface area contributed by atoms with E-state index in [9.17, 15) is 14.9 Å². The highest BCUT2D eigenvalue weighted by Crippen LogP contribution is 2.39. The zero-order valence-electron chi connectivity index (χ0n) is 20.3. The Morgan fingerprint density at radius 1 is 1.14 bits per heavy atom. The third kappa shape index (κ3) is 4.23. The third-order valence-corrected chi connectivity index (χ3v) is 6.08. The molecule has 9 heteroatoms. The average molecular weight is 487 g/mol. The van der Waals surface area contributed by atoms with Crippen LogP contribution in [0.5, 0.6) is 11.5 Å². The first-order chi connectivity index (χ1) is 17.5. The summed E-state index contributed by atoms with van der Waals surface area (Å²) < 4.78 is 16.0. The van der Waals surface area contributed by atoms with Gasteiger partial charge < -0.3 is 24.8 Å². The number of fused-ring (bicyclic) bond motifs is 1. The first-order valence-corrected chi connectivity index (χ1v) is 11.4. The molecule has 0 aliphatic carbocycles. The Morgan fingerprint density at radius 2 is 1.86 bits per heavy atom. The van der Waals surface area contributed by atoms with Crippen molar-refractivity contribution in [2.75, 3.05) is 27.4 Å². The second-order valence-corrected chi connectivity index (χ2v) is 8.01. The van der Waals surface area contributed by atoms with E-state index in [0.29, 0.717) is 28.5 Å². The summed E-state index contributed by atoms with van der Waals surface area (Å²) in [5.74, 6) is 0.296. The van der Waals surface area contributed by atoms with Crippen LogP contribution in [0.25, 0.3) is 0 Å². The number of nitrogens with two attached hydrogens (primary N) is 1. The maximum absolute atomic E-state index is 13.4. The fourth-order valence-corrected chi connectivity index (χ4v) is 4.39. The van der Waals surface area contributed by atoms with Gasteiger partial charge in [0.05, 0.1) is 37.7 Å². The smallest absolute Gasteiger partial charge is 0.337 e. The van der Waals surface area contributed by atoms with Crippen molar-refractivity contribution in [3.05, 3.63) is 82.3 Å². The second kappa shape index (κ2) is 10.5. The van der Waals surface area contributed by atoms with Crippen LogP contribution >= 0.6 is 0 Å². The fraction of sp³-hybridized carbons (Fsp3) is 0.259. The summed E-state index contributed by atoms with van der Waals surface area (Å²) in [6.45, 7) is 1.64. The van der Waals surface area contributed by atoms with Crippen molar-refractivity contribution in [1.82, 2.24) is 4.90 Å². The van der Waals surface area contributed by atoms with Crippen LogP contribution < -0.4 is 15.2 Å². The number of esters is 1. The lowest BCUT2D eigenvalue weighted by Gasteiger charge is -2.33. The van der Waals surface area contributed by atoms with Crippen molar-refractivity contribution in [2.45, 2.75) is 19.4 Å². The SMILES string of the molecule is CCOC(=O)C1C(=O)C(CN)=C2N=C(c3ccc(OC)cc3)C(C#N)=C(Cc3ccccc3OC)N21. The predicted molar refractivity (Wildman–Crippen MR) is 132 cm³/mol. The van der Waals surface area contributed by atoms with E-state index in [-0.39, 0.29) is 36.5 Å². The average Bonchev–Trinajstić information content (AvgIpc) is 3.19. The fourth-order valence-electron chi connectivity index (χ4n) is 4.39. The van der Waals surface area contributed by atoms with Crippen LogP contribution in [0, 0.1) is 11.3 Å². The molecule has 4 rings (SSSR count). The number of benzene rings is 2. The van der Waals surface area contributed by atoms with Gasteiger partial charge in [-0.1, -0.05) is 18.2 Å². The van der Waals surface area contributed by atoms with Gasteiger partial charge in [-0.25, -0.2) is 9.79 Å². The summed E-state index contributed by atoms with van der Waals surface area (Å²) in [4.78, 5) is 32.5. The topological polar surface area (TPSA) is 127 Å². The number of hydrogen-bond donors (Lipinski definition) is 1. The molecule has 0 saturated carbocycles. The molecule has 1 unspecified atom stereocenters. The minimum absolute atomic E-state index is 0.0980. The van der Waals surface area contributed by atoms with Gasteiger partial charge in [-0.3, -0.25) is 4.79 Å². The lowest BCUT2D eigenvalue weighted by atomic mass is 9.95. The number of carbonyl (C=O) groups excluding carboxylic acids is 2. The monoisotopic (exact) mass is 486 g/mol. The third-order valence-electron chi connectivity index (χ3n) is 6.08. The summed E-state index contributed by atoms with van der Waals surface area (Å²) in [6, 6.07) is 15.4. The molecule has 2 heterocycles. The number of Topliss-reactive ketones (excluding diaryl/α,β-unsaturated/α-hetero) is 1. The van der Waals surface area contributed by atoms with Gasteiger partial charge in [0.15, 0.2) is 11.8 Å². The molecular formula is C27H26N4O5. The minimum Gasteiger partial charge on any atom is -0.497 e. The van der Waals surface area contributed by atoms with Crippen molar-refractivity contribution in [3.8, 4) is 17.6 Å². The Hall–Kier alpha value is -4.42. The Balaban J connectivity index is 1.96. The number of carbonyl (C=O) groups is 2. The van der Waals surface area contributed by atoms with Gasteiger partial charge in [0.25, 0.3) is 0 Å². The molecule has 0 amide bonds. The number of aliphatic imine (C=N–C) groups is 1. The van der Waals surface area contributed by atoms with Gasteiger partial charge in [-0.2, -0.15) is 5.26 Å². The Morgan fingerprint density at radius 3 is 2.47 bits per heavy atom. The molecule has 0 radical (unpaired) electrons. The molecule has 0 saturated heterocycles. The number of hydrogen-bond acceptors (Lipinski definition) is 9. The summed E-state index contributed by atoms with van der Waals surface area (Å²) in [6.07, 6.45) is 0.201. The van der Waals surface area contributed by atoms with Gasteiger partial charge in [-0.05, 0) is 37.3 Å². The van der Waals surface area contributed by atoms with Gasteiger partial charge in [-0.15, -0.1) is 0 Å². The molecule has 2 aliphatic heterocycles. The molecule has 0 bridgehead atoms. The number of ether oxygens (including phenoxy) is 3. The zero-order valence-corrected chi connectivity index (χ0v) is 20.3. The maximum atomic E-state index is 13.4. The number of para-hydroxylation sites is 1. The lowest BCUT2D eigenvalue weighted by molar-refractivity contribution is -0.150. The molecule has 36 heavy (non-hydrogen) atoms. The van der Waals surface area contributed by atoms with E-state index in [1.807, 2.05) is 24.3 Å². The first-order valence-electron chi connectivity index (χ1n) is 11.4. The number of allylic oxidation sites excluding steroid dienone is 2. The van der Waals surface area contributed by atoms with E-state index in [0.717, 1.165) is 5.56 Å². The number of nitriles is 1. The molecule has 9 nitrogen and oxygen atoms in total. The molecule has 2 aliphatic rings. The van der Waals surface area contributed by atoms with Crippen molar-refractivity contribution in [3.63, 3.8) is 0 Å². The van der Waals surface area contributed by atoms with Gasteiger partial charge in [0.1, 0.15) is 23.4 Å². The highest BCUT2D eigenvalue weighted by Gasteiger charge is 2.48. The van der Waals surface area contributed by atoms with Crippen LogP contribution in [0.1, 0.15) is 18.1 Å². The molecule has 0 fully saturated rings. The first kappa shape index (κ1) is 24.7. The molecular weight excluding hydrogens is 460 g/mol. The molecule has 1 atom stereocenters. The summed E-state index contributed by atoms with van der Waals surface area (Å²) in [5, 5.41) is 10.3. The number of rotatable bonds is 8. The van der Waals surface area contributed by atoms with Gasteiger partial charge in [0.2, 0.25) is 0 Å². The van der Waals surface area contributed by atoms with E-state index < -0.39 is 17.8 Å². The Bertz CT molecular complexity index is 1330. The summed E-state index contributed by atoms with van der Waals surface area (Å²) in [5.41, 5.74) is 8.63. The quantitative estimate of drug-likeness (QED) is 0.445. The highest BCUT2D eigenvalue weighted by atomic mass is 16.5.